The number of nitrogens with zero attached hydrogens (tertiary/aromatic N) is 1. The van der Waals surface area contributed by atoms with Crippen LogP contribution >= 0.6 is 0 Å². The average Bonchev–Trinajstić information content (AvgIpc) is 2.76. The number of aromatic nitrogens is 1. The molecule has 3 heteroatoms. The third kappa shape index (κ3) is 1.32. The number of aliphatic hydroxyl groups is 1. The summed E-state index contributed by atoms with van der Waals surface area (Å²) >= 11 is 0. The van der Waals surface area contributed by atoms with E-state index >= 15 is 0 Å². The molecular weight excluding hydrogens is 224 g/mol. The van der Waals surface area contributed by atoms with Gasteiger partial charge in [0.15, 0.2) is 0 Å². The molecule has 0 amide bonds. The lowest BCUT2D eigenvalue weighted by atomic mass is 9.90. The molecule has 1 aromatic carbocycles. The van der Waals surface area contributed by atoms with E-state index in [-0.39, 0.29) is 6.61 Å². The normalized spacial score (nSPS) is 22.2. The van der Waals surface area contributed by atoms with Crippen molar-refractivity contribution in [1.29, 1.82) is 0 Å². The first-order chi connectivity index (χ1) is 8.88. The molecule has 1 aliphatic carbocycles. The average molecular weight is 243 g/mol. The fourth-order valence-electron chi connectivity index (χ4n) is 3.79. The molecule has 0 unspecified atom stereocenters. The molecule has 1 aromatic heterocycles. The number of hydrogen-bond donors (Lipinski definition) is 2. The Hall–Kier alpha value is -1.32. The molecule has 1 atom stereocenters. The predicted octanol–water partition coefficient (Wildman–Crippen LogP) is 1.09. The van der Waals surface area contributed by atoms with Crippen molar-refractivity contribution in [3.8, 4) is 0 Å². The molecule has 2 heterocycles. The standard InChI is InChI=1S/C15H18N2O/c18-9-10-4-5-14-12(8-10)11-2-1-3-13-15(11)17(14)7-6-16-13/h4-5,8,13,16,18H,1-3,6-7,9H2/p+1/t13-/m0/s1. The molecule has 0 bridgehead atoms. The Bertz CT molecular complexity index is 612. The van der Waals surface area contributed by atoms with Gasteiger partial charge in [-0.1, -0.05) is 6.07 Å². The van der Waals surface area contributed by atoms with Gasteiger partial charge in [-0.05, 0) is 36.1 Å². The van der Waals surface area contributed by atoms with E-state index in [1.807, 2.05) is 0 Å². The molecular formula is C15H19N2O+. The van der Waals surface area contributed by atoms with E-state index in [0.29, 0.717) is 6.04 Å². The number of aliphatic hydroxyl groups excluding tert-OH is 1. The van der Waals surface area contributed by atoms with Crippen LogP contribution in [0, 0.1) is 0 Å². The quantitative estimate of drug-likeness (QED) is 0.773. The first-order valence-corrected chi connectivity index (χ1v) is 6.96. The molecule has 18 heavy (non-hydrogen) atoms. The molecule has 4 rings (SSSR count). The molecule has 0 saturated carbocycles. The van der Waals surface area contributed by atoms with Gasteiger partial charge in [-0.15, -0.1) is 0 Å². The van der Waals surface area contributed by atoms with Gasteiger partial charge in [0.25, 0.3) is 0 Å². The van der Waals surface area contributed by atoms with Crippen molar-refractivity contribution < 1.29 is 10.4 Å². The van der Waals surface area contributed by atoms with Crippen molar-refractivity contribution in [2.24, 2.45) is 0 Å². The van der Waals surface area contributed by atoms with Crippen LogP contribution in [-0.2, 0) is 19.6 Å². The maximum atomic E-state index is 9.32. The molecule has 94 valence electrons. The maximum Gasteiger partial charge on any atom is 0.127 e. The zero-order valence-electron chi connectivity index (χ0n) is 10.5. The fraction of sp³-hybridized carbons (Fsp3) is 0.467. The highest BCUT2D eigenvalue weighted by atomic mass is 16.3. The Morgan fingerprint density at radius 1 is 1.39 bits per heavy atom. The number of rotatable bonds is 1. The molecule has 3 N–H and O–H groups in total. The van der Waals surface area contributed by atoms with Gasteiger partial charge < -0.3 is 15.0 Å². The number of nitrogens with two attached hydrogens (primary N) is 1. The van der Waals surface area contributed by atoms with Gasteiger partial charge in [-0.2, -0.15) is 0 Å². The molecule has 0 fully saturated rings. The lowest BCUT2D eigenvalue weighted by Crippen LogP contribution is -2.88. The number of aryl methyl sites for hydroxylation is 1. The van der Waals surface area contributed by atoms with E-state index in [0.717, 1.165) is 12.1 Å². The Labute approximate surface area is 106 Å². The Morgan fingerprint density at radius 3 is 3.22 bits per heavy atom. The summed E-state index contributed by atoms with van der Waals surface area (Å²) in [6.07, 6.45) is 3.82. The van der Waals surface area contributed by atoms with Gasteiger partial charge in [0.1, 0.15) is 6.04 Å². The summed E-state index contributed by atoms with van der Waals surface area (Å²) < 4.78 is 2.52. The minimum Gasteiger partial charge on any atom is -0.392 e. The number of fused-ring (bicyclic) bond motifs is 3. The van der Waals surface area contributed by atoms with Gasteiger partial charge in [0.05, 0.1) is 25.4 Å². The van der Waals surface area contributed by atoms with Gasteiger partial charge in [0, 0.05) is 17.3 Å². The zero-order chi connectivity index (χ0) is 12.1. The molecule has 0 spiro atoms. The first kappa shape index (κ1) is 10.6. The summed E-state index contributed by atoms with van der Waals surface area (Å²) in [5.41, 5.74) is 5.52. The van der Waals surface area contributed by atoms with Crippen LogP contribution in [-0.4, -0.2) is 16.2 Å². The molecule has 1 aliphatic heterocycles. The van der Waals surface area contributed by atoms with E-state index in [1.54, 1.807) is 11.3 Å². The SMILES string of the molecule is OCc1ccc2c(c1)c1c3n2CC[NH2+][C@H]3CCC1. The van der Waals surface area contributed by atoms with Crippen LogP contribution in [0.15, 0.2) is 18.2 Å². The second-order valence-corrected chi connectivity index (χ2v) is 5.55. The lowest BCUT2D eigenvalue weighted by Gasteiger charge is -2.27. The van der Waals surface area contributed by atoms with Crippen molar-refractivity contribution in [1.82, 2.24) is 4.57 Å². The minimum atomic E-state index is 0.144. The largest absolute Gasteiger partial charge is 0.392 e. The second-order valence-electron chi connectivity index (χ2n) is 5.55. The smallest absolute Gasteiger partial charge is 0.127 e. The minimum absolute atomic E-state index is 0.144. The van der Waals surface area contributed by atoms with Crippen LogP contribution in [0.3, 0.4) is 0 Å². The lowest BCUT2D eigenvalue weighted by molar-refractivity contribution is -0.704. The van der Waals surface area contributed by atoms with Crippen LogP contribution in [0.4, 0.5) is 0 Å². The molecule has 2 aliphatic rings. The monoisotopic (exact) mass is 243 g/mol. The summed E-state index contributed by atoms with van der Waals surface area (Å²) in [7, 11) is 0. The van der Waals surface area contributed by atoms with Crippen molar-refractivity contribution >= 4 is 10.9 Å². The van der Waals surface area contributed by atoms with Gasteiger partial charge in [0.2, 0.25) is 0 Å². The van der Waals surface area contributed by atoms with Crippen LogP contribution in [0.1, 0.15) is 35.7 Å². The maximum absolute atomic E-state index is 9.32. The highest BCUT2D eigenvalue weighted by Gasteiger charge is 2.32. The number of hydrogen-bond acceptors (Lipinski definition) is 1. The van der Waals surface area contributed by atoms with Crippen molar-refractivity contribution in [2.45, 2.75) is 38.5 Å². The van der Waals surface area contributed by atoms with E-state index in [9.17, 15) is 5.11 Å². The van der Waals surface area contributed by atoms with Crippen LogP contribution in [0.2, 0.25) is 0 Å². The predicted molar refractivity (Wildman–Crippen MR) is 70.3 cm³/mol. The van der Waals surface area contributed by atoms with E-state index in [2.05, 4.69) is 28.1 Å². The Balaban J connectivity index is 2.05. The van der Waals surface area contributed by atoms with E-state index in [1.165, 1.54) is 36.7 Å². The van der Waals surface area contributed by atoms with Gasteiger partial charge in [-0.25, -0.2) is 0 Å². The summed E-state index contributed by atoms with van der Waals surface area (Å²) in [5.74, 6) is 0. The van der Waals surface area contributed by atoms with Crippen molar-refractivity contribution in [2.75, 3.05) is 6.54 Å². The first-order valence-electron chi connectivity index (χ1n) is 6.96. The van der Waals surface area contributed by atoms with Crippen molar-refractivity contribution in [3.63, 3.8) is 0 Å². The van der Waals surface area contributed by atoms with Gasteiger partial charge in [-0.3, -0.25) is 0 Å². The van der Waals surface area contributed by atoms with Crippen LogP contribution in [0.5, 0.6) is 0 Å². The summed E-state index contributed by atoms with van der Waals surface area (Å²) in [5, 5.41) is 13.2. The number of quaternary nitrogens is 1. The highest BCUT2D eigenvalue weighted by molar-refractivity contribution is 5.86. The third-order valence-electron chi connectivity index (χ3n) is 4.56. The van der Waals surface area contributed by atoms with Crippen LogP contribution in [0.25, 0.3) is 10.9 Å². The molecule has 0 radical (unpaired) electrons. The second kappa shape index (κ2) is 3.84. The highest BCUT2D eigenvalue weighted by Crippen LogP contribution is 2.37. The van der Waals surface area contributed by atoms with Crippen LogP contribution < -0.4 is 5.32 Å². The van der Waals surface area contributed by atoms with Crippen molar-refractivity contribution in [3.05, 3.63) is 35.0 Å². The number of benzene rings is 1. The Morgan fingerprint density at radius 2 is 2.33 bits per heavy atom. The van der Waals surface area contributed by atoms with Gasteiger partial charge >= 0.3 is 0 Å². The van der Waals surface area contributed by atoms with E-state index in [4.69, 9.17) is 0 Å². The Kier molecular flexibility index (Phi) is 2.26. The van der Waals surface area contributed by atoms with E-state index < -0.39 is 0 Å². The third-order valence-corrected chi connectivity index (χ3v) is 4.56. The zero-order valence-corrected chi connectivity index (χ0v) is 10.5. The molecule has 2 aromatic rings. The fourth-order valence-corrected chi connectivity index (χ4v) is 3.79. The summed E-state index contributed by atoms with van der Waals surface area (Å²) in [6.45, 7) is 2.47. The summed E-state index contributed by atoms with van der Waals surface area (Å²) in [4.78, 5) is 0. The summed E-state index contributed by atoms with van der Waals surface area (Å²) in [6, 6.07) is 7.12. The molecule has 0 saturated heterocycles. The topological polar surface area (TPSA) is 41.8 Å². The molecule has 3 nitrogen and oxygen atoms in total.